The largest absolute Gasteiger partial charge is 0.483 e. The van der Waals surface area contributed by atoms with E-state index in [0.29, 0.717) is 6.54 Å². The Bertz CT molecular complexity index is 502. The third kappa shape index (κ3) is 3.89. The molecule has 1 saturated heterocycles. The normalized spacial score (nSPS) is 19.4. The number of carbonyl (C=O) groups is 1. The number of hydrogen-bond acceptors (Lipinski definition) is 2. The third-order valence-corrected chi connectivity index (χ3v) is 3.67. The first kappa shape index (κ1) is 15.7. The molecule has 0 aliphatic carbocycles. The van der Waals surface area contributed by atoms with Gasteiger partial charge in [-0.05, 0) is 38.3 Å². The zero-order valence-electron chi connectivity index (χ0n) is 11.8. The Morgan fingerprint density at radius 1 is 1.33 bits per heavy atom. The van der Waals surface area contributed by atoms with Gasteiger partial charge >= 0.3 is 6.18 Å². The van der Waals surface area contributed by atoms with Crippen molar-refractivity contribution in [3.8, 4) is 5.75 Å². The highest BCUT2D eigenvalue weighted by molar-refractivity contribution is 5.78. The van der Waals surface area contributed by atoms with Crippen LogP contribution in [0.5, 0.6) is 5.75 Å². The summed E-state index contributed by atoms with van der Waals surface area (Å²) in [4.78, 5) is 13.7. The Morgan fingerprint density at radius 3 is 2.71 bits per heavy atom. The van der Waals surface area contributed by atoms with E-state index in [9.17, 15) is 18.0 Å². The number of alkyl halides is 3. The van der Waals surface area contributed by atoms with Gasteiger partial charge in [0.1, 0.15) is 5.75 Å². The summed E-state index contributed by atoms with van der Waals surface area (Å²) in [5, 5.41) is 0. The second-order valence-corrected chi connectivity index (χ2v) is 5.21. The molecule has 0 bridgehead atoms. The van der Waals surface area contributed by atoms with Gasteiger partial charge in [0.05, 0.1) is 5.56 Å². The van der Waals surface area contributed by atoms with E-state index in [-0.39, 0.29) is 24.3 Å². The van der Waals surface area contributed by atoms with Crippen molar-refractivity contribution in [1.29, 1.82) is 0 Å². The molecule has 0 radical (unpaired) electrons. The number of para-hydroxylation sites is 1. The van der Waals surface area contributed by atoms with Crippen LogP contribution < -0.4 is 4.74 Å². The molecule has 2 rings (SSSR count). The first-order valence-corrected chi connectivity index (χ1v) is 6.98. The summed E-state index contributed by atoms with van der Waals surface area (Å²) in [5.74, 6) is -0.567. The average Bonchev–Trinajstić information content (AvgIpc) is 2.44. The fourth-order valence-corrected chi connectivity index (χ4v) is 2.52. The lowest BCUT2D eigenvalue weighted by Crippen LogP contribution is -2.44. The molecule has 1 unspecified atom stereocenters. The minimum absolute atomic E-state index is 0.118. The van der Waals surface area contributed by atoms with Crippen LogP contribution >= 0.6 is 0 Å². The van der Waals surface area contributed by atoms with Crippen LogP contribution in [0.4, 0.5) is 13.2 Å². The van der Waals surface area contributed by atoms with Crippen LogP contribution in [0, 0.1) is 0 Å². The highest BCUT2D eigenvalue weighted by atomic mass is 19.4. The van der Waals surface area contributed by atoms with Gasteiger partial charge in [0, 0.05) is 12.6 Å². The molecule has 1 atom stereocenters. The number of amides is 1. The lowest BCUT2D eigenvalue weighted by molar-refractivity contribution is -0.142. The number of hydrogen-bond donors (Lipinski definition) is 0. The van der Waals surface area contributed by atoms with E-state index in [2.05, 4.69) is 0 Å². The van der Waals surface area contributed by atoms with E-state index in [1.807, 2.05) is 6.92 Å². The number of likely N-dealkylation sites (tertiary alicyclic amines) is 1. The van der Waals surface area contributed by atoms with Crippen molar-refractivity contribution < 1.29 is 22.7 Å². The van der Waals surface area contributed by atoms with Crippen molar-refractivity contribution in [2.45, 2.75) is 38.4 Å². The van der Waals surface area contributed by atoms with E-state index >= 15 is 0 Å². The van der Waals surface area contributed by atoms with Crippen molar-refractivity contribution in [1.82, 2.24) is 4.90 Å². The standard InChI is InChI=1S/C15H18F3NO2/c1-11-6-4-5-9-19(11)14(20)10-21-13-8-3-2-7-12(13)15(16,17)18/h2-3,7-8,11H,4-6,9-10H2,1H3. The van der Waals surface area contributed by atoms with E-state index < -0.39 is 11.7 Å². The fraction of sp³-hybridized carbons (Fsp3) is 0.533. The van der Waals surface area contributed by atoms with Crippen molar-refractivity contribution in [2.75, 3.05) is 13.2 Å². The van der Waals surface area contributed by atoms with Crippen molar-refractivity contribution in [3.63, 3.8) is 0 Å². The van der Waals surface area contributed by atoms with Gasteiger partial charge in [0.15, 0.2) is 6.61 Å². The van der Waals surface area contributed by atoms with Gasteiger partial charge < -0.3 is 9.64 Å². The molecule has 0 spiro atoms. The van der Waals surface area contributed by atoms with Gasteiger partial charge in [-0.1, -0.05) is 12.1 Å². The Morgan fingerprint density at radius 2 is 2.05 bits per heavy atom. The molecule has 0 saturated carbocycles. The summed E-state index contributed by atoms with van der Waals surface area (Å²) in [6, 6.07) is 5.05. The van der Waals surface area contributed by atoms with E-state index in [0.717, 1.165) is 25.3 Å². The molecule has 116 valence electrons. The summed E-state index contributed by atoms with van der Waals surface area (Å²) in [6.45, 7) is 2.22. The lowest BCUT2D eigenvalue weighted by atomic mass is 10.0. The molecule has 21 heavy (non-hydrogen) atoms. The van der Waals surface area contributed by atoms with Crippen molar-refractivity contribution >= 4 is 5.91 Å². The molecule has 1 aliphatic heterocycles. The van der Waals surface area contributed by atoms with E-state index in [1.165, 1.54) is 18.2 Å². The fourth-order valence-electron chi connectivity index (χ4n) is 2.52. The maximum Gasteiger partial charge on any atom is 0.419 e. The first-order chi connectivity index (χ1) is 9.89. The van der Waals surface area contributed by atoms with Crippen LogP contribution in [-0.4, -0.2) is 30.0 Å². The molecule has 1 aliphatic rings. The Kier molecular flexibility index (Phi) is 4.75. The zero-order valence-corrected chi connectivity index (χ0v) is 11.8. The van der Waals surface area contributed by atoms with Gasteiger partial charge in [-0.25, -0.2) is 0 Å². The zero-order chi connectivity index (χ0) is 15.5. The smallest absolute Gasteiger partial charge is 0.419 e. The highest BCUT2D eigenvalue weighted by Gasteiger charge is 2.34. The second-order valence-electron chi connectivity index (χ2n) is 5.21. The maximum absolute atomic E-state index is 12.8. The monoisotopic (exact) mass is 301 g/mol. The predicted molar refractivity (Wildman–Crippen MR) is 72.0 cm³/mol. The highest BCUT2D eigenvalue weighted by Crippen LogP contribution is 2.35. The number of halogens is 3. The number of nitrogens with zero attached hydrogens (tertiary/aromatic N) is 1. The van der Waals surface area contributed by atoms with Gasteiger partial charge in [-0.3, -0.25) is 4.79 Å². The Hall–Kier alpha value is -1.72. The predicted octanol–water partition coefficient (Wildman–Crippen LogP) is 3.49. The van der Waals surface area contributed by atoms with E-state index in [1.54, 1.807) is 4.90 Å². The molecular formula is C15H18F3NO2. The van der Waals surface area contributed by atoms with Gasteiger partial charge in [-0.2, -0.15) is 13.2 Å². The Labute approximate surface area is 121 Å². The van der Waals surface area contributed by atoms with Crippen LogP contribution in [0.15, 0.2) is 24.3 Å². The minimum Gasteiger partial charge on any atom is -0.483 e. The Balaban J connectivity index is 2.01. The molecule has 1 fully saturated rings. The lowest BCUT2D eigenvalue weighted by Gasteiger charge is -2.33. The second kappa shape index (κ2) is 6.37. The quantitative estimate of drug-likeness (QED) is 0.855. The summed E-state index contributed by atoms with van der Waals surface area (Å²) in [6.07, 6.45) is -1.57. The first-order valence-electron chi connectivity index (χ1n) is 6.98. The van der Waals surface area contributed by atoms with Crippen LogP contribution in [0.2, 0.25) is 0 Å². The summed E-state index contributed by atoms with van der Waals surface area (Å²) >= 11 is 0. The van der Waals surface area contributed by atoms with Gasteiger partial charge in [-0.15, -0.1) is 0 Å². The SMILES string of the molecule is CC1CCCCN1C(=O)COc1ccccc1C(F)(F)F. The molecule has 0 aromatic heterocycles. The third-order valence-electron chi connectivity index (χ3n) is 3.67. The molecule has 1 aromatic rings. The molecule has 1 aromatic carbocycles. The summed E-state index contributed by atoms with van der Waals surface area (Å²) in [7, 11) is 0. The summed E-state index contributed by atoms with van der Waals surface area (Å²) in [5.41, 5.74) is -0.857. The molecule has 1 amide bonds. The number of benzene rings is 1. The molecule has 0 N–H and O–H groups in total. The van der Waals surface area contributed by atoms with Crippen LogP contribution in [0.25, 0.3) is 0 Å². The topological polar surface area (TPSA) is 29.5 Å². The minimum atomic E-state index is -4.49. The maximum atomic E-state index is 12.8. The van der Waals surface area contributed by atoms with Gasteiger partial charge in [0.2, 0.25) is 0 Å². The number of carbonyl (C=O) groups excluding carboxylic acids is 1. The van der Waals surface area contributed by atoms with Crippen LogP contribution in [0.1, 0.15) is 31.7 Å². The van der Waals surface area contributed by atoms with E-state index in [4.69, 9.17) is 4.74 Å². The number of rotatable bonds is 3. The van der Waals surface area contributed by atoms with Gasteiger partial charge in [0.25, 0.3) is 5.91 Å². The van der Waals surface area contributed by atoms with Crippen LogP contribution in [-0.2, 0) is 11.0 Å². The molecule has 1 heterocycles. The molecular weight excluding hydrogens is 283 g/mol. The average molecular weight is 301 g/mol. The van der Waals surface area contributed by atoms with Crippen LogP contribution in [0.3, 0.4) is 0 Å². The molecule has 6 heteroatoms. The summed E-state index contributed by atoms with van der Waals surface area (Å²) < 4.78 is 43.6. The number of piperidine rings is 1. The van der Waals surface area contributed by atoms with Crippen molar-refractivity contribution in [2.24, 2.45) is 0 Å². The number of ether oxygens (including phenoxy) is 1. The molecule has 3 nitrogen and oxygen atoms in total. The van der Waals surface area contributed by atoms with Crippen molar-refractivity contribution in [3.05, 3.63) is 29.8 Å².